The minimum absolute atomic E-state index is 0.0809. The third kappa shape index (κ3) is 4.93. The van der Waals surface area contributed by atoms with E-state index in [1.807, 2.05) is 13.8 Å². The highest BCUT2D eigenvalue weighted by Gasteiger charge is 2.26. The standard InChI is InChI=1S/C21H23FN6O3S/c1-13(2)31-21(30)27-7-5-14(6-8-27)18-10-24-20(32-18)26-19(29)16-4-3-15(9-17(16)22)28-12-23-11-25-28/h3-4,9-14H,5-8H2,1-2H3,(H,24,26,29). The van der Waals surface area contributed by atoms with Crippen LogP contribution < -0.4 is 5.32 Å². The molecule has 0 saturated carbocycles. The average molecular weight is 459 g/mol. The molecule has 0 spiro atoms. The molecule has 1 aliphatic heterocycles. The van der Waals surface area contributed by atoms with Crippen molar-refractivity contribution in [2.24, 2.45) is 0 Å². The van der Waals surface area contributed by atoms with E-state index in [2.05, 4.69) is 20.4 Å². The smallest absolute Gasteiger partial charge is 0.410 e. The first-order valence-electron chi connectivity index (χ1n) is 10.3. The Kier molecular flexibility index (Phi) is 6.45. The molecule has 1 saturated heterocycles. The van der Waals surface area contributed by atoms with Crippen molar-refractivity contribution in [1.82, 2.24) is 24.6 Å². The second kappa shape index (κ2) is 9.43. The molecule has 3 heterocycles. The fourth-order valence-electron chi connectivity index (χ4n) is 3.49. The van der Waals surface area contributed by atoms with Gasteiger partial charge < -0.3 is 9.64 Å². The lowest BCUT2D eigenvalue weighted by Gasteiger charge is -2.31. The summed E-state index contributed by atoms with van der Waals surface area (Å²) in [5.74, 6) is -0.979. The van der Waals surface area contributed by atoms with Gasteiger partial charge in [-0.3, -0.25) is 10.1 Å². The van der Waals surface area contributed by atoms with E-state index >= 15 is 0 Å². The molecule has 0 radical (unpaired) electrons. The van der Waals surface area contributed by atoms with Gasteiger partial charge in [0.2, 0.25) is 0 Å². The first kappa shape index (κ1) is 21.9. The number of benzene rings is 1. The van der Waals surface area contributed by atoms with Gasteiger partial charge in [-0.15, -0.1) is 11.3 Å². The third-order valence-corrected chi connectivity index (χ3v) is 6.19. The summed E-state index contributed by atoms with van der Waals surface area (Å²) in [6, 6.07) is 4.23. The van der Waals surface area contributed by atoms with Crippen LogP contribution in [-0.2, 0) is 4.74 Å². The number of hydrogen-bond acceptors (Lipinski definition) is 7. The van der Waals surface area contributed by atoms with E-state index in [1.165, 1.54) is 40.8 Å². The Morgan fingerprint density at radius 1 is 1.28 bits per heavy atom. The molecule has 4 rings (SSSR count). The van der Waals surface area contributed by atoms with E-state index in [9.17, 15) is 14.0 Å². The number of nitrogens with one attached hydrogen (secondary N) is 1. The molecule has 2 amide bonds. The van der Waals surface area contributed by atoms with Gasteiger partial charge in [0.1, 0.15) is 18.5 Å². The monoisotopic (exact) mass is 458 g/mol. The quantitative estimate of drug-likeness (QED) is 0.623. The van der Waals surface area contributed by atoms with Crippen LogP contribution in [0, 0.1) is 5.82 Å². The van der Waals surface area contributed by atoms with Crippen molar-refractivity contribution < 1.29 is 18.7 Å². The lowest BCUT2D eigenvalue weighted by Crippen LogP contribution is -2.39. The number of amides is 2. The maximum atomic E-state index is 14.5. The number of anilines is 1. The Labute approximate surface area is 188 Å². The fourth-order valence-corrected chi connectivity index (χ4v) is 4.47. The van der Waals surface area contributed by atoms with Gasteiger partial charge in [-0.1, -0.05) is 0 Å². The zero-order valence-corrected chi connectivity index (χ0v) is 18.5. The van der Waals surface area contributed by atoms with Crippen LogP contribution in [0.2, 0.25) is 0 Å². The van der Waals surface area contributed by atoms with E-state index in [-0.39, 0.29) is 23.7 Å². The Hall–Kier alpha value is -3.34. The van der Waals surface area contributed by atoms with Crippen LogP contribution in [0.5, 0.6) is 0 Å². The Balaban J connectivity index is 1.35. The highest BCUT2D eigenvalue weighted by atomic mass is 32.1. The first-order valence-corrected chi connectivity index (χ1v) is 11.1. The summed E-state index contributed by atoms with van der Waals surface area (Å²) in [6.07, 6.45) is 5.69. The van der Waals surface area contributed by atoms with Crippen LogP contribution in [0.15, 0.2) is 37.1 Å². The number of rotatable bonds is 5. The zero-order valence-electron chi connectivity index (χ0n) is 17.7. The van der Waals surface area contributed by atoms with E-state index in [0.29, 0.717) is 23.9 Å². The highest BCUT2D eigenvalue weighted by molar-refractivity contribution is 7.15. The van der Waals surface area contributed by atoms with Crippen molar-refractivity contribution in [3.63, 3.8) is 0 Å². The molecule has 32 heavy (non-hydrogen) atoms. The molecular weight excluding hydrogens is 435 g/mol. The number of piperidine rings is 1. The Morgan fingerprint density at radius 3 is 2.72 bits per heavy atom. The number of aromatic nitrogens is 4. The summed E-state index contributed by atoms with van der Waals surface area (Å²) < 4.78 is 21.1. The molecule has 0 aliphatic carbocycles. The van der Waals surface area contributed by atoms with Gasteiger partial charge in [0.25, 0.3) is 5.91 Å². The number of carbonyl (C=O) groups is 2. The van der Waals surface area contributed by atoms with Crippen molar-refractivity contribution in [3.8, 4) is 5.69 Å². The number of likely N-dealkylation sites (tertiary alicyclic amines) is 1. The summed E-state index contributed by atoms with van der Waals surface area (Å²) >= 11 is 1.37. The van der Waals surface area contributed by atoms with Gasteiger partial charge in [-0.25, -0.2) is 23.8 Å². The molecule has 9 nitrogen and oxygen atoms in total. The molecule has 1 N–H and O–H groups in total. The van der Waals surface area contributed by atoms with Crippen molar-refractivity contribution in [1.29, 1.82) is 0 Å². The Bertz CT molecular complexity index is 1090. The van der Waals surface area contributed by atoms with Crippen LogP contribution in [-0.4, -0.2) is 55.8 Å². The van der Waals surface area contributed by atoms with Gasteiger partial charge >= 0.3 is 6.09 Å². The molecular formula is C21H23FN6O3S. The molecule has 0 atom stereocenters. The maximum Gasteiger partial charge on any atom is 0.410 e. The molecule has 0 unspecified atom stereocenters. The lowest BCUT2D eigenvalue weighted by atomic mass is 9.96. The molecule has 168 valence electrons. The van der Waals surface area contributed by atoms with Gasteiger partial charge in [0.05, 0.1) is 17.4 Å². The second-order valence-corrected chi connectivity index (χ2v) is 8.78. The minimum Gasteiger partial charge on any atom is -0.447 e. The largest absolute Gasteiger partial charge is 0.447 e. The summed E-state index contributed by atoms with van der Waals surface area (Å²) in [6.45, 7) is 4.88. The van der Waals surface area contributed by atoms with Crippen molar-refractivity contribution in [2.45, 2.75) is 38.7 Å². The van der Waals surface area contributed by atoms with E-state index in [4.69, 9.17) is 4.74 Å². The van der Waals surface area contributed by atoms with E-state index in [1.54, 1.807) is 17.2 Å². The molecule has 0 bridgehead atoms. The Morgan fingerprint density at radius 2 is 2.06 bits per heavy atom. The minimum atomic E-state index is -0.659. The highest BCUT2D eigenvalue weighted by Crippen LogP contribution is 2.34. The summed E-state index contributed by atoms with van der Waals surface area (Å²) in [5.41, 5.74) is 0.388. The molecule has 1 aliphatic rings. The van der Waals surface area contributed by atoms with Gasteiger partial charge in [-0.2, -0.15) is 5.10 Å². The van der Waals surface area contributed by atoms with Crippen molar-refractivity contribution in [3.05, 3.63) is 53.3 Å². The number of carbonyl (C=O) groups excluding carboxylic acids is 2. The SMILES string of the molecule is CC(C)OC(=O)N1CCC(c2cnc(NC(=O)c3ccc(-n4cncn4)cc3F)s2)CC1. The fraction of sp³-hybridized carbons (Fsp3) is 0.381. The summed E-state index contributed by atoms with van der Waals surface area (Å²) in [5, 5.41) is 7.02. The number of thiazole rings is 1. The number of ether oxygens (including phenoxy) is 1. The van der Waals surface area contributed by atoms with Crippen LogP contribution in [0.25, 0.3) is 5.69 Å². The lowest BCUT2D eigenvalue weighted by molar-refractivity contribution is 0.0693. The molecule has 2 aromatic heterocycles. The number of nitrogens with zero attached hydrogens (tertiary/aromatic N) is 5. The van der Waals surface area contributed by atoms with Gasteiger partial charge in [-0.05, 0) is 44.7 Å². The molecule has 1 fully saturated rings. The molecule has 1 aromatic carbocycles. The summed E-state index contributed by atoms with van der Waals surface area (Å²) in [4.78, 5) is 35.4. The normalized spacial score (nSPS) is 14.6. The zero-order chi connectivity index (χ0) is 22.7. The maximum absolute atomic E-state index is 14.5. The predicted octanol–water partition coefficient (Wildman–Crippen LogP) is 3.84. The number of hydrogen-bond donors (Lipinski definition) is 1. The molecule has 3 aromatic rings. The van der Waals surface area contributed by atoms with Crippen LogP contribution in [0.4, 0.5) is 14.3 Å². The van der Waals surface area contributed by atoms with Gasteiger partial charge in [0, 0.05) is 30.2 Å². The van der Waals surface area contributed by atoms with Crippen molar-refractivity contribution >= 4 is 28.5 Å². The summed E-state index contributed by atoms with van der Waals surface area (Å²) in [7, 11) is 0. The predicted molar refractivity (Wildman–Crippen MR) is 117 cm³/mol. The second-order valence-electron chi connectivity index (χ2n) is 7.72. The molecule has 11 heteroatoms. The van der Waals surface area contributed by atoms with E-state index < -0.39 is 11.7 Å². The van der Waals surface area contributed by atoms with E-state index in [0.717, 1.165) is 17.7 Å². The van der Waals surface area contributed by atoms with Crippen molar-refractivity contribution in [2.75, 3.05) is 18.4 Å². The van der Waals surface area contributed by atoms with Crippen LogP contribution in [0.1, 0.15) is 47.8 Å². The van der Waals surface area contributed by atoms with Gasteiger partial charge in [0.15, 0.2) is 5.13 Å². The third-order valence-electron chi connectivity index (χ3n) is 5.12. The first-order chi connectivity index (χ1) is 15.4. The van der Waals surface area contributed by atoms with Crippen LogP contribution in [0.3, 0.4) is 0 Å². The topological polar surface area (TPSA) is 102 Å². The van der Waals surface area contributed by atoms with Crippen LogP contribution >= 0.6 is 11.3 Å². The average Bonchev–Trinajstić information content (AvgIpc) is 3.46. The number of halogens is 1.